The minimum Gasteiger partial charge on any atom is -0.324 e. The average Bonchev–Trinajstić information content (AvgIpc) is 2.15. The van der Waals surface area contributed by atoms with E-state index in [-0.39, 0.29) is 5.69 Å². The molecule has 0 aliphatic carbocycles. The fraction of sp³-hybridized carbons (Fsp3) is 0.222. The number of amides is 2. The van der Waals surface area contributed by atoms with E-state index in [1.807, 2.05) is 0 Å². The number of aromatic nitrogens is 1. The summed E-state index contributed by atoms with van der Waals surface area (Å²) in [7, 11) is -4.06. The third-order valence-electron chi connectivity index (χ3n) is 1.61. The first-order chi connectivity index (χ1) is 7.83. The first-order valence-electron chi connectivity index (χ1n) is 4.59. The van der Waals surface area contributed by atoms with Crippen LogP contribution in [-0.4, -0.2) is 25.2 Å². The van der Waals surface area contributed by atoms with Crippen LogP contribution in [0.4, 0.5) is 5.69 Å². The van der Waals surface area contributed by atoms with Crippen molar-refractivity contribution in [2.24, 2.45) is 0 Å². The molecule has 0 aliphatic heterocycles. The molecule has 1 heterocycles. The second-order valence-electron chi connectivity index (χ2n) is 3.20. The van der Waals surface area contributed by atoms with Crippen LogP contribution >= 0.6 is 0 Å². The number of hydrogen-bond acceptors (Lipinski definition) is 5. The summed E-state index contributed by atoms with van der Waals surface area (Å²) in [5, 5.41) is 1.92. The van der Waals surface area contributed by atoms with Crippen LogP contribution in [0.2, 0.25) is 0 Å². The topological polar surface area (TPSA) is 105 Å². The first-order valence-corrected chi connectivity index (χ1v) is 6.07. The van der Waals surface area contributed by atoms with Gasteiger partial charge in [-0.15, -0.1) is 0 Å². The Morgan fingerprint density at radius 2 is 1.88 bits per heavy atom. The normalized spacial score (nSPS) is 10.7. The molecule has 0 fully saturated rings. The quantitative estimate of drug-likeness (QED) is 0.784. The van der Waals surface area contributed by atoms with Gasteiger partial charge in [-0.2, -0.15) is 8.42 Å². The molecule has 0 atom stereocenters. The van der Waals surface area contributed by atoms with Gasteiger partial charge in [0.1, 0.15) is 0 Å². The van der Waals surface area contributed by atoms with Crippen LogP contribution in [-0.2, 0) is 19.6 Å². The zero-order chi connectivity index (χ0) is 13.1. The number of carbonyl (C=O) groups excluding carboxylic acids is 2. The molecule has 0 saturated heterocycles. The van der Waals surface area contributed by atoms with Crippen LogP contribution in [0.1, 0.15) is 13.8 Å². The summed E-state index contributed by atoms with van der Waals surface area (Å²) in [4.78, 5) is 25.3. The van der Waals surface area contributed by atoms with Crippen molar-refractivity contribution in [1.82, 2.24) is 9.71 Å². The Kier molecular flexibility index (Phi) is 3.79. The molecule has 7 nitrogen and oxygen atoms in total. The maximum absolute atomic E-state index is 11.7. The zero-order valence-electron chi connectivity index (χ0n) is 9.22. The summed E-state index contributed by atoms with van der Waals surface area (Å²) in [5.74, 6) is -1.17. The number of rotatable bonds is 3. The van der Waals surface area contributed by atoms with Gasteiger partial charge < -0.3 is 5.32 Å². The Bertz CT molecular complexity index is 553. The number of pyridine rings is 1. The Balaban J connectivity index is 3.21. The highest BCUT2D eigenvalue weighted by Gasteiger charge is 2.21. The summed E-state index contributed by atoms with van der Waals surface area (Å²) in [5.41, 5.74) is 0.0220. The van der Waals surface area contributed by atoms with Crippen molar-refractivity contribution in [3.63, 3.8) is 0 Å². The van der Waals surface area contributed by atoms with Crippen LogP contribution in [0.25, 0.3) is 0 Å². The van der Waals surface area contributed by atoms with E-state index in [9.17, 15) is 18.0 Å². The van der Waals surface area contributed by atoms with Crippen LogP contribution in [0, 0.1) is 0 Å². The van der Waals surface area contributed by atoms with Crippen molar-refractivity contribution in [2.45, 2.75) is 18.9 Å². The molecule has 8 heteroatoms. The summed E-state index contributed by atoms with van der Waals surface area (Å²) < 4.78 is 25.2. The third kappa shape index (κ3) is 3.52. The third-order valence-corrected chi connectivity index (χ3v) is 3.01. The maximum atomic E-state index is 11.7. The highest BCUT2D eigenvalue weighted by atomic mass is 32.2. The van der Waals surface area contributed by atoms with Gasteiger partial charge in [0.2, 0.25) is 11.8 Å². The summed E-state index contributed by atoms with van der Waals surface area (Å²) >= 11 is 0. The van der Waals surface area contributed by atoms with Gasteiger partial charge in [0.25, 0.3) is 10.0 Å². The molecule has 0 aliphatic rings. The lowest BCUT2D eigenvalue weighted by molar-refractivity contribution is -0.117. The van der Waals surface area contributed by atoms with Crippen molar-refractivity contribution in [1.29, 1.82) is 0 Å². The molecule has 0 spiro atoms. The lowest BCUT2D eigenvalue weighted by Gasteiger charge is -2.09. The number of carbonyl (C=O) groups is 2. The van der Waals surface area contributed by atoms with Gasteiger partial charge in [-0.3, -0.25) is 9.59 Å². The monoisotopic (exact) mass is 257 g/mol. The van der Waals surface area contributed by atoms with E-state index in [1.54, 1.807) is 4.72 Å². The van der Waals surface area contributed by atoms with Crippen molar-refractivity contribution in [3.05, 3.63) is 18.3 Å². The second kappa shape index (κ2) is 4.91. The van der Waals surface area contributed by atoms with Gasteiger partial charge in [-0.25, -0.2) is 9.71 Å². The standard InChI is InChI=1S/C9H11N3O4S/c1-6(13)11-8-4-3-5-10-9(8)17(15,16)12-7(2)14/h3-5H,1-2H3,(H,11,13)(H,12,14). The number of nitrogens with zero attached hydrogens (tertiary/aromatic N) is 1. The second-order valence-corrected chi connectivity index (χ2v) is 4.80. The SMILES string of the molecule is CC(=O)Nc1cccnc1S(=O)(=O)NC(C)=O. The molecule has 17 heavy (non-hydrogen) atoms. The molecule has 1 aromatic rings. The molecule has 2 N–H and O–H groups in total. The largest absolute Gasteiger partial charge is 0.324 e. The highest BCUT2D eigenvalue weighted by molar-refractivity contribution is 7.90. The zero-order valence-corrected chi connectivity index (χ0v) is 10.0. The number of nitrogens with one attached hydrogen (secondary N) is 2. The van der Waals surface area contributed by atoms with Gasteiger partial charge in [0.05, 0.1) is 5.69 Å². The van der Waals surface area contributed by atoms with Crippen LogP contribution in [0.15, 0.2) is 23.4 Å². The molecule has 0 aromatic carbocycles. The van der Waals surface area contributed by atoms with Crippen molar-refractivity contribution >= 4 is 27.5 Å². The molecular formula is C9H11N3O4S. The average molecular weight is 257 g/mol. The van der Waals surface area contributed by atoms with E-state index in [1.165, 1.54) is 25.3 Å². The van der Waals surface area contributed by atoms with Crippen molar-refractivity contribution < 1.29 is 18.0 Å². The summed E-state index contributed by atoms with van der Waals surface area (Å²) in [6.45, 7) is 2.31. The summed E-state index contributed by atoms with van der Waals surface area (Å²) in [6, 6.07) is 2.85. The van der Waals surface area contributed by atoms with Crippen molar-refractivity contribution in [2.75, 3.05) is 5.32 Å². The van der Waals surface area contributed by atoms with Crippen LogP contribution in [0.3, 0.4) is 0 Å². The predicted molar refractivity (Wildman–Crippen MR) is 59.5 cm³/mol. The Morgan fingerprint density at radius 1 is 1.24 bits per heavy atom. The number of hydrogen-bond donors (Lipinski definition) is 2. The fourth-order valence-corrected chi connectivity index (χ4v) is 2.21. The minimum absolute atomic E-state index is 0.0220. The van der Waals surface area contributed by atoms with Gasteiger partial charge in [0.15, 0.2) is 5.03 Å². The maximum Gasteiger partial charge on any atom is 0.283 e. The van der Waals surface area contributed by atoms with E-state index >= 15 is 0 Å². The number of sulfonamides is 1. The van der Waals surface area contributed by atoms with E-state index in [0.29, 0.717) is 0 Å². The van der Waals surface area contributed by atoms with Gasteiger partial charge in [-0.1, -0.05) is 0 Å². The molecule has 2 amide bonds. The predicted octanol–water partition coefficient (Wildman–Crippen LogP) is -0.135. The fourth-order valence-electron chi connectivity index (χ4n) is 1.13. The molecule has 1 rings (SSSR count). The first kappa shape index (κ1) is 13.1. The molecule has 0 bridgehead atoms. The number of anilines is 1. The smallest absolute Gasteiger partial charge is 0.283 e. The Hall–Kier alpha value is -1.96. The Labute approximate surface area is 98.3 Å². The van der Waals surface area contributed by atoms with Crippen LogP contribution in [0.5, 0.6) is 0 Å². The van der Waals surface area contributed by atoms with Crippen molar-refractivity contribution in [3.8, 4) is 0 Å². The van der Waals surface area contributed by atoms with Crippen LogP contribution < -0.4 is 10.0 Å². The molecule has 0 radical (unpaired) electrons. The minimum atomic E-state index is -4.06. The van der Waals surface area contributed by atoms with E-state index in [0.717, 1.165) is 6.92 Å². The van der Waals surface area contributed by atoms with Gasteiger partial charge in [-0.05, 0) is 12.1 Å². The van der Waals surface area contributed by atoms with E-state index < -0.39 is 26.9 Å². The van der Waals surface area contributed by atoms with E-state index in [4.69, 9.17) is 0 Å². The highest BCUT2D eigenvalue weighted by Crippen LogP contribution is 2.17. The molecular weight excluding hydrogens is 246 g/mol. The summed E-state index contributed by atoms with van der Waals surface area (Å²) in [6.07, 6.45) is 1.25. The van der Waals surface area contributed by atoms with Gasteiger partial charge >= 0.3 is 0 Å². The van der Waals surface area contributed by atoms with E-state index in [2.05, 4.69) is 10.3 Å². The Morgan fingerprint density at radius 3 is 2.41 bits per heavy atom. The lowest BCUT2D eigenvalue weighted by atomic mass is 10.4. The molecule has 92 valence electrons. The lowest BCUT2D eigenvalue weighted by Crippen LogP contribution is -2.29. The molecule has 1 aromatic heterocycles. The molecule has 0 saturated carbocycles. The van der Waals surface area contributed by atoms with Gasteiger partial charge in [0, 0.05) is 20.0 Å². The molecule has 0 unspecified atom stereocenters.